The van der Waals surface area contributed by atoms with Gasteiger partial charge in [-0.3, -0.25) is 0 Å². The Morgan fingerprint density at radius 1 is 1.47 bits per heavy atom. The fourth-order valence-corrected chi connectivity index (χ4v) is 2.80. The van der Waals surface area contributed by atoms with E-state index in [0.717, 1.165) is 10.8 Å². The molecule has 0 aliphatic carbocycles. The smallest absolute Gasteiger partial charge is 0.0931 e. The van der Waals surface area contributed by atoms with Crippen molar-refractivity contribution >= 4 is 22.9 Å². The summed E-state index contributed by atoms with van der Waals surface area (Å²) in [6.07, 6.45) is 0.927. The van der Waals surface area contributed by atoms with Gasteiger partial charge in [0.25, 0.3) is 0 Å². The first-order valence-electron chi connectivity index (χ1n) is 5.00. The number of halogens is 1. The summed E-state index contributed by atoms with van der Waals surface area (Å²) < 4.78 is 0.840. The molecule has 2 nitrogen and oxygen atoms in total. The summed E-state index contributed by atoms with van der Waals surface area (Å²) in [4.78, 5) is 3.47. The van der Waals surface area contributed by atoms with Gasteiger partial charge in [-0.05, 0) is 46.5 Å². The normalized spacial score (nSPS) is 14.6. The largest absolute Gasteiger partial charge is 0.325 e. The molecule has 1 aromatic rings. The number of hydrogen-bond donors (Lipinski definition) is 1. The number of nitrogens with two attached hydrogens (primary N) is 1. The van der Waals surface area contributed by atoms with E-state index in [-0.39, 0.29) is 5.54 Å². The second-order valence-corrected chi connectivity index (χ2v) is 6.56. The highest BCUT2D eigenvalue weighted by molar-refractivity contribution is 7.16. The first-order valence-corrected chi connectivity index (χ1v) is 6.19. The van der Waals surface area contributed by atoms with E-state index in [9.17, 15) is 0 Å². The van der Waals surface area contributed by atoms with Crippen LogP contribution in [0.3, 0.4) is 0 Å². The number of thiophene rings is 1. The van der Waals surface area contributed by atoms with Crippen molar-refractivity contribution in [2.75, 3.05) is 14.1 Å². The molecular weight excluding hydrogens is 228 g/mol. The topological polar surface area (TPSA) is 29.3 Å². The Morgan fingerprint density at radius 2 is 2.07 bits per heavy atom. The molecule has 0 radical (unpaired) electrons. The lowest BCUT2D eigenvalue weighted by molar-refractivity contribution is 0.246. The summed E-state index contributed by atoms with van der Waals surface area (Å²) in [7, 11) is 4.15. The molecule has 0 saturated heterocycles. The predicted molar refractivity (Wildman–Crippen MR) is 68.6 cm³/mol. The van der Waals surface area contributed by atoms with Crippen molar-refractivity contribution in [2.24, 2.45) is 5.73 Å². The molecule has 1 heterocycles. The Morgan fingerprint density at radius 3 is 2.40 bits per heavy atom. The number of hydrogen-bond acceptors (Lipinski definition) is 3. The monoisotopic (exact) mass is 246 g/mol. The van der Waals surface area contributed by atoms with Gasteiger partial charge in [0.2, 0.25) is 0 Å². The van der Waals surface area contributed by atoms with E-state index in [0.29, 0.717) is 6.04 Å². The third kappa shape index (κ3) is 4.11. The van der Waals surface area contributed by atoms with E-state index in [4.69, 9.17) is 17.3 Å². The molecule has 0 aliphatic heterocycles. The molecule has 1 aromatic heterocycles. The number of nitrogens with zero attached hydrogens (tertiary/aromatic N) is 1. The molecule has 0 aromatic carbocycles. The maximum atomic E-state index is 6.06. The van der Waals surface area contributed by atoms with Gasteiger partial charge in [-0.15, -0.1) is 11.3 Å². The quantitative estimate of drug-likeness (QED) is 0.885. The first kappa shape index (κ1) is 13.0. The van der Waals surface area contributed by atoms with Gasteiger partial charge in [-0.25, -0.2) is 0 Å². The lowest BCUT2D eigenvalue weighted by Gasteiger charge is -2.30. The Bertz CT molecular complexity index is 315. The standard InChI is InChI=1S/C11H19ClN2S/c1-11(2,13)7-8(14(3)4)9-5-6-10(12)15-9/h5-6,8H,7,13H2,1-4H3. The summed E-state index contributed by atoms with van der Waals surface area (Å²) >= 11 is 7.58. The minimum Gasteiger partial charge on any atom is -0.325 e. The maximum Gasteiger partial charge on any atom is 0.0931 e. The molecule has 0 saturated carbocycles. The second-order valence-electron chi connectivity index (χ2n) is 4.81. The first-order chi connectivity index (χ1) is 6.79. The van der Waals surface area contributed by atoms with E-state index in [1.165, 1.54) is 4.88 Å². The van der Waals surface area contributed by atoms with Crippen LogP contribution in [-0.4, -0.2) is 24.5 Å². The molecule has 0 amide bonds. The third-order valence-electron chi connectivity index (χ3n) is 2.27. The summed E-state index contributed by atoms with van der Waals surface area (Å²) in [5, 5.41) is 0. The van der Waals surface area contributed by atoms with E-state index < -0.39 is 0 Å². The molecular formula is C11H19ClN2S. The zero-order valence-corrected chi connectivity index (χ0v) is 11.3. The lowest BCUT2D eigenvalue weighted by atomic mass is 9.95. The average molecular weight is 247 g/mol. The lowest BCUT2D eigenvalue weighted by Crippen LogP contribution is -2.37. The van der Waals surface area contributed by atoms with Crippen molar-refractivity contribution < 1.29 is 0 Å². The molecule has 0 spiro atoms. The highest BCUT2D eigenvalue weighted by Gasteiger charge is 2.23. The van der Waals surface area contributed by atoms with Gasteiger partial charge >= 0.3 is 0 Å². The van der Waals surface area contributed by atoms with Gasteiger partial charge in [0.05, 0.1) is 4.34 Å². The summed E-state index contributed by atoms with van der Waals surface area (Å²) in [5.74, 6) is 0. The van der Waals surface area contributed by atoms with Gasteiger partial charge in [0.1, 0.15) is 0 Å². The summed E-state index contributed by atoms with van der Waals surface area (Å²) in [5.41, 5.74) is 5.90. The van der Waals surface area contributed by atoms with Crippen LogP contribution >= 0.6 is 22.9 Å². The Labute approximate surface area is 101 Å². The molecule has 2 N–H and O–H groups in total. The van der Waals surface area contributed by atoms with Crippen molar-refractivity contribution in [1.82, 2.24) is 4.90 Å². The summed E-state index contributed by atoms with van der Waals surface area (Å²) in [6.45, 7) is 4.11. The highest BCUT2D eigenvalue weighted by atomic mass is 35.5. The molecule has 1 rings (SSSR count). The van der Waals surface area contributed by atoms with Crippen molar-refractivity contribution in [3.05, 3.63) is 21.3 Å². The van der Waals surface area contributed by atoms with E-state index >= 15 is 0 Å². The van der Waals surface area contributed by atoms with Crippen LogP contribution in [0, 0.1) is 0 Å². The molecule has 0 bridgehead atoms. The van der Waals surface area contributed by atoms with Crippen LogP contribution in [0.25, 0.3) is 0 Å². The summed E-state index contributed by atoms with van der Waals surface area (Å²) in [6, 6.07) is 4.38. The molecule has 0 fully saturated rings. The van der Waals surface area contributed by atoms with Crippen molar-refractivity contribution in [3.63, 3.8) is 0 Å². The molecule has 1 unspecified atom stereocenters. The Balaban J connectivity index is 2.84. The van der Waals surface area contributed by atoms with E-state index in [1.807, 2.05) is 6.07 Å². The fourth-order valence-electron chi connectivity index (χ4n) is 1.54. The molecule has 1 atom stereocenters. The zero-order chi connectivity index (χ0) is 11.6. The van der Waals surface area contributed by atoms with Crippen molar-refractivity contribution in [3.8, 4) is 0 Å². The van der Waals surface area contributed by atoms with Crippen molar-refractivity contribution in [1.29, 1.82) is 0 Å². The third-order valence-corrected chi connectivity index (χ3v) is 3.60. The van der Waals surface area contributed by atoms with Gasteiger partial charge in [-0.2, -0.15) is 0 Å². The Kier molecular flexibility index (Phi) is 4.18. The highest BCUT2D eigenvalue weighted by Crippen LogP contribution is 2.33. The molecule has 15 heavy (non-hydrogen) atoms. The maximum absolute atomic E-state index is 6.06. The molecule has 86 valence electrons. The predicted octanol–water partition coefficient (Wildman–Crippen LogP) is 3.13. The van der Waals surface area contributed by atoms with Gasteiger partial charge in [0.15, 0.2) is 0 Å². The van der Waals surface area contributed by atoms with Crippen LogP contribution in [0.4, 0.5) is 0 Å². The van der Waals surface area contributed by atoms with Crippen LogP contribution < -0.4 is 5.73 Å². The van der Waals surface area contributed by atoms with Crippen LogP contribution in [-0.2, 0) is 0 Å². The zero-order valence-electron chi connectivity index (χ0n) is 9.75. The fraction of sp³-hybridized carbons (Fsp3) is 0.636. The van der Waals surface area contributed by atoms with Crippen LogP contribution in [0.15, 0.2) is 12.1 Å². The molecule has 0 aliphatic rings. The molecule has 4 heteroatoms. The van der Waals surface area contributed by atoms with Gasteiger partial charge < -0.3 is 10.6 Å². The minimum atomic E-state index is -0.161. The van der Waals surface area contributed by atoms with Crippen LogP contribution in [0.2, 0.25) is 4.34 Å². The number of rotatable bonds is 4. The van der Waals surface area contributed by atoms with E-state index in [2.05, 4.69) is 38.9 Å². The van der Waals surface area contributed by atoms with Gasteiger partial charge in [0, 0.05) is 16.5 Å². The van der Waals surface area contributed by atoms with E-state index in [1.54, 1.807) is 11.3 Å². The van der Waals surface area contributed by atoms with Crippen LogP contribution in [0.5, 0.6) is 0 Å². The van der Waals surface area contributed by atoms with Crippen LogP contribution in [0.1, 0.15) is 31.2 Å². The minimum absolute atomic E-state index is 0.161. The Hall–Kier alpha value is -0.0900. The average Bonchev–Trinajstić information content (AvgIpc) is 2.45. The van der Waals surface area contributed by atoms with Crippen molar-refractivity contribution in [2.45, 2.75) is 31.8 Å². The second kappa shape index (κ2) is 4.83. The van der Waals surface area contributed by atoms with Gasteiger partial charge in [-0.1, -0.05) is 11.6 Å². The SMILES string of the molecule is CN(C)C(CC(C)(C)N)c1ccc(Cl)s1.